The molecule has 1 saturated carbocycles. The average Bonchev–Trinajstić information content (AvgIpc) is 3.28. The molecule has 1 atom stereocenters. The van der Waals surface area contributed by atoms with Crippen molar-refractivity contribution in [1.82, 2.24) is 15.1 Å². The van der Waals surface area contributed by atoms with E-state index in [0.29, 0.717) is 44.0 Å². The maximum absolute atomic E-state index is 13.6. The topological polar surface area (TPSA) is 82.2 Å². The van der Waals surface area contributed by atoms with Crippen LogP contribution in [-0.4, -0.2) is 72.5 Å². The van der Waals surface area contributed by atoms with Crippen LogP contribution < -0.4 is 10.2 Å². The summed E-state index contributed by atoms with van der Waals surface area (Å²) in [6.07, 6.45) is 5.20. The van der Waals surface area contributed by atoms with Crippen molar-refractivity contribution in [1.29, 1.82) is 0 Å². The number of rotatable bonds is 6. The van der Waals surface area contributed by atoms with E-state index in [-0.39, 0.29) is 36.5 Å². The Kier molecular flexibility index (Phi) is 7.51. The molecule has 2 aromatic rings. The molecule has 0 spiro atoms. The molecule has 3 fully saturated rings. The van der Waals surface area contributed by atoms with Gasteiger partial charge < -0.3 is 19.9 Å². The molecule has 2 aliphatic heterocycles. The number of ether oxygens (including phenoxy) is 1. The number of carbonyl (C=O) groups is 3. The minimum absolute atomic E-state index is 0.0175. The fraction of sp³-hybridized carbons (Fsp3) is 0.464. The van der Waals surface area contributed by atoms with E-state index >= 15 is 0 Å². The van der Waals surface area contributed by atoms with Crippen LogP contribution in [0.1, 0.15) is 48.0 Å². The molecule has 1 aliphatic carbocycles. The normalized spacial score (nSPS) is 21.4. The lowest BCUT2D eigenvalue weighted by atomic mass is 9.94. The number of urea groups is 1. The van der Waals surface area contributed by atoms with Crippen molar-refractivity contribution in [3.8, 4) is 0 Å². The van der Waals surface area contributed by atoms with Crippen molar-refractivity contribution in [2.24, 2.45) is 0 Å². The number of benzene rings is 2. The maximum Gasteiger partial charge on any atom is 0.321 e. The minimum Gasteiger partial charge on any atom is -0.370 e. The van der Waals surface area contributed by atoms with Crippen molar-refractivity contribution in [2.45, 2.75) is 50.9 Å². The molecule has 1 N–H and O–H groups in total. The number of carbonyl (C=O) groups excluding carboxylic acids is 3. The summed E-state index contributed by atoms with van der Waals surface area (Å²) >= 11 is 0. The Hall–Kier alpha value is -3.39. The van der Waals surface area contributed by atoms with Gasteiger partial charge in [0.05, 0.1) is 12.7 Å². The number of anilines is 1. The molecule has 0 aromatic heterocycles. The van der Waals surface area contributed by atoms with E-state index in [4.69, 9.17) is 4.74 Å². The summed E-state index contributed by atoms with van der Waals surface area (Å²) in [5, 5.41) is 2.79. The zero-order valence-electron chi connectivity index (χ0n) is 20.6. The van der Waals surface area contributed by atoms with Gasteiger partial charge in [0.1, 0.15) is 6.54 Å². The molecule has 8 nitrogen and oxygen atoms in total. The van der Waals surface area contributed by atoms with Gasteiger partial charge in [-0.3, -0.25) is 14.5 Å². The SMILES string of the molecule is O=C(c1cccc(N2CCNC2=O)c1)N1CC(=O)N(C2CCCCC2)CC(OCc2ccccc2)C1. The lowest BCUT2D eigenvalue weighted by Gasteiger charge is -2.34. The highest BCUT2D eigenvalue weighted by Crippen LogP contribution is 2.26. The third kappa shape index (κ3) is 5.54. The van der Waals surface area contributed by atoms with Gasteiger partial charge in [0.15, 0.2) is 0 Å². The van der Waals surface area contributed by atoms with Crippen molar-refractivity contribution >= 4 is 23.5 Å². The number of amides is 4. The molecule has 2 aromatic carbocycles. The first-order valence-corrected chi connectivity index (χ1v) is 13.0. The summed E-state index contributed by atoms with van der Waals surface area (Å²) in [6, 6.07) is 17.1. The van der Waals surface area contributed by atoms with E-state index in [1.807, 2.05) is 41.3 Å². The fourth-order valence-corrected chi connectivity index (χ4v) is 5.44. The largest absolute Gasteiger partial charge is 0.370 e. The van der Waals surface area contributed by atoms with Gasteiger partial charge in [-0.2, -0.15) is 0 Å². The molecule has 190 valence electrons. The van der Waals surface area contributed by atoms with Crippen LogP contribution in [0.15, 0.2) is 54.6 Å². The third-order valence-electron chi connectivity index (χ3n) is 7.36. The van der Waals surface area contributed by atoms with Crippen molar-refractivity contribution in [3.63, 3.8) is 0 Å². The molecule has 0 bridgehead atoms. The van der Waals surface area contributed by atoms with Gasteiger partial charge in [0.25, 0.3) is 5.91 Å². The zero-order valence-corrected chi connectivity index (χ0v) is 20.6. The first-order chi connectivity index (χ1) is 17.6. The van der Waals surface area contributed by atoms with E-state index in [0.717, 1.165) is 31.2 Å². The van der Waals surface area contributed by atoms with Gasteiger partial charge in [0.2, 0.25) is 5.91 Å². The quantitative estimate of drug-likeness (QED) is 0.673. The Morgan fingerprint density at radius 2 is 1.78 bits per heavy atom. The van der Waals surface area contributed by atoms with Gasteiger partial charge >= 0.3 is 6.03 Å². The van der Waals surface area contributed by atoms with Gasteiger partial charge in [-0.1, -0.05) is 55.7 Å². The standard InChI is InChI=1S/C28H34N4O4/c33-26-19-30(27(34)22-10-7-13-24(16-22)31-15-14-29-28(31)35)17-25(36-20-21-8-3-1-4-9-21)18-32(26)23-11-5-2-6-12-23/h1,3-4,7-10,13,16,23,25H,2,5-6,11-12,14-15,17-20H2,(H,29,35). The highest BCUT2D eigenvalue weighted by atomic mass is 16.5. The van der Waals surface area contributed by atoms with E-state index in [1.165, 1.54) is 6.42 Å². The van der Waals surface area contributed by atoms with Crippen LogP contribution in [-0.2, 0) is 16.1 Å². The first-order valence-electron chi connectivity index (χ1n) is 13.0. The summed E-state index contributed by atoms with van der Waals surface area (Å²) < 4.78 is 6.30. The summed E-state index contributed by atoms with van der Waals surface area (Å²) in [7, 11) is 0. The van der Waals surface area contributed by atoms with E-state index < -0.39 is 0 Å². The van der Waals surface area contributed by atoms with Gasteiger partial charge in [-0.15, -0.1) is 0 Å². The second kappa shape index (κ2) is 11.1. The summed E-state index contributed by atoms with van der Waals surface area (Å²) in [5.74, 6) is -0.236. The predicted molar refractivity (Wildman–Crippen MR) is 137 cm³/mol. The van der Waals surface area contributed by atoms with Crippen LogP contribution in [0, 0.1) is 0 Å². The molecule has 1 unspecified atom stereocenters. The van der Waals surface area contributed by atoms with Gasteiger partial charge in [0, 0.05) is 43.5 Å². The smallest absolute Gasteiger partial charge is 0.321 e. The van der Waals surface area contributed by atoms with E-state index in [1.54, 1.807) is 28.0 Å². The number of hydrogen-bond donors (Lipinski definition) is 1. The average molecular weight is 491 g/mol. The molecule has 8 heteroatoms. The van der Waals surface area contributed by atoms with Gasteiger partial charge in [-0.25, -0.2) is 4.79 Å². The number of nitrogens with one attached hydrogen (secondary N) is 1. The van der Waals surface area contributed by atoms with Gasteiger partial charge in [-0.05, 0) is 36.6 Å². The number of hydrogen-bond acceptors (Lipinski definition) is 4. The fourth-order valence-electron chi connectivity index (χ4n) is 5.44. The lowest BCUT2D eigenvalue weighted by Crippen LogP contribution is -2.46. The molecular weight excluding hydrogens is 456 g/mol. The van der Waals surface area contributed by atoms with Crippen LogP contribution >= 0.6 is 0 Å². The van der Waals surface area contributed by atoms with Crippen LogP contribution in [0.4, 0.5) is 10.5 Å². The maximum atomic E-state index is 13.6. The Labute approximate surface area is 212 Å². The molecule has 2 saturated heterocycles. The summed E-state index contributed by atoms with van der Waals surface area (Å²) in [5.41, 5.74) is 2.21. The van der Waals surface area contributed by atoms with Crippen LogP contribution in [0.2, 0.25) is 0 Å². The number of nitrogens with zero attached hydrogens (tertiary/aromatic N) is 3. The second-order valence-corrected chi connectivity index (χ2v) is 9.88. The van der Waals surface area contributed by atoms with E-state index in [2.05, 4.69) is 5.32 Å². The lowest BCUT2D eigenvalue weighted by molar-refractivity contribution is -0.134. The Morgan fingerprint density at radius 3 is 2.53 bits per heavy atom. The highest BCUT2D eigenvalue weighted by Gasteiger charge is 2.35. The van der Waals surface area contributed by atoms with Crippen LogP contribution in [0.25, 0.3) is 0 Å². The zero-order chi connectivity index (χ0) is 24.9. The van der Waals surface area contributed by atoms with Crippen LogP contribution in [0.5, 0.6) is 0 Å². The minimum atomic E-state index is -0.282. The predicted octanol–water partition coefficient (Wildman–Crippen LogP) is 3.42. The molecule has 4 amide bonds. The second-order valence-electron chi connectivity index (χ2n) is 9.88. The first kappa shape index (κ1) is 24.3. The molecule has 36 heavy (non-hydrogen) atoms. The summed E-state index contributed by atoms with van der Waals surface area (Å²) in [4.78, 5) is 44.4. The van der Waals surface area contributed by atoms with Crippen LogP contribution in [0.3, 0.4) is 0 Å². The molecule has 0 radical (unpaired) electrons. The van der Waals surface area contributed by atoms with E-state index in [9.17, 15) is 14.4 Å². The molecule has 3 aliphatic rings. The molecule has 2 heterocycles. The molecule has 5 rings (SSSR count). The third-order valence-corrected chi connectivity index (χ3v) is 7.36. The molecular formula is C28H34N4O4. The van der Waals surface area contributed by atoms with Crippen molar-refractivity contribution in [2.75, 3.05) is 37.6 Å². The highest BCUT2D eigenvalue weighted by molar-refractivity contribution is 5.99. The van der Waals surface area contributed by atoms with Crippen molar-refractivity contribution < 1.29 is 19.1 Å². The monoisotopic (exact) mass is 490 g/mol. The Morgan fingerprint density at radius 1 is 0.972 bits per heavy atom. The summed E-state index contributed by atoms with van der Waals surface area (Å²) in [6.45, 7) is 2.44. The van der Waals surface area contributed by atoms with Crippen molar-refractivity contribution in [3.05, 3.63) is 65.7 Å². The Bertz CT molecular complexity index is 1090. The Balaban J connectivity index is 1.35.